The number of carbonyl (C=O) groups is 1. The zero-order valence-corrected chi connectivity index (χ0v) is 6.47. The summed E-state index contributed by atoms with van der Waals surface area (Å²) in [6.07, 6.45) is 5.15. The number of nitrogens with two attached hydrogens (primary N) is 1. The monoisotopic (exact) mass is 141 g/mol. The second-order valence-corrected chi connectivity index (χ2v) is 3.63. The van der Waals surface area contributed by atoms with Crippen LogP contribution in [0.4, 0.5) is 0 Å². The van der Waals surface area contributed by atoms with Gasteiger partial charge in [0.1, 0.15) is 6.29 Å². The van der Waals surface area contributed by atoms with Crippen molar-refractivity contribution in [3.05, 3.63) is 0 Å². The minimum Gasteiger partial charge on any atom is -0.328 e. The normalized spacial score (nSPS) is 41.2. The highest BCUT2D eigenvalue weighted by Gasteiger charge is 2.29. The fourth-order valence-electron chi connectivity index (χ4n) is 1.68. The lowest BCUT2D eigenvalue weighted by Gasteiger charge is -2.31. The van der Waals surface area contributed by atoms with E-state index < -0.39 is 0 Å². The van der Waals surface area contributed by atoms with Crippen molar-refractivity contribution in [3.8, 4) is 0 Å². The maximum atomic E-state index is 10.6. The van der Waals surface area contributed by atoms with Crippen LogP contribution in [0.5, 0.6) is 0 Å². The van der Waals surface area contributed by atoms with Gasteiger partial charge in [0.15, 0.2) is 0 Å². The van der Waals surface area contributed by atoms with Crippen LogP contribution in [0.2, 0.25) is 0 Å². The van der Waals surface area contributed by atoms with Crippen molar-refractivity contribution >= 4 is 6.29 Å². The molecule has 0 aromatic heterocycles. The zero-order valence-electron chi connectivity index (χ0n) is 6.47. The summed E-state index contributed by atoms with van der Waals surface area (Å²) in [5.74, 6) is 0. The van der Waals surface area contributed by atoms with Crippen LogP contribution in [-0.4, -0.2) is 12.3 Å². The Bertz CT molecular complexity index is 135. The number of hydrogen-bond acceptors (Lipinski definition) is 2. The van der Waals surface area contributed by atoms with Crippen LogP contribution in [-0.2, 0) is 4.79 Å². The molecule has 0 aromatic carbocycles. The molecule has 0 saturated heterocycles. The number of rotatable bonds is 1. The predicted molar refractivity (Wildman–Crippen MR) is 40.6 cm³/mol. The maximum Gasteiger partial charge on any atom is 0.125 e. The van der Waals surface area contributed by atoms with Crippen LogP contribution in [0.15, 0.2) is 0 Å². The van der Waals surface area contributed by atoms with E-state index in [-0.39, 0.29) is 11.5 Å². The van der Waals surface area contributed by atoms with Crippen LogP contribution in [0.3, 0.4) is 0 Å². The quantitative estimate of drug-likeness (QED) is 0.555. The molecule has 1 fully saturated rings. The molecule has 2 atom stereocenters. The summed E-state index contributed by atoms with van der Waals surface area (Å²) >= 11 is 0. The Hall–Kier alpha value is -0.370. The van der Waals surface area contributed by atoms with E-state index in [4.69, 9.17) is 5.73 Å². The van der Waals surface area contributed by atoms with Gasteiger partial charge < -0.3 is 10.5 Å². The van der Waals surface area contributed by atoms with E-state index in [2.05, 4.69) is 0 Å². The molecule has 2 heteroatoms. The van der Waals surface area contributed by atoms with Gasteiger partial charge in [-0.2, -0.15) is 0 Å². The predicted octanol–water partition coefficient (Wildman–Crippen LogP) is 1.09. The molecule has 1 rings (SSSR count). The molecular weight excluding hydrogens is 126 g/mol. The van der Waals surface area contributed by atoms with E-state index >= 15 is 0 Å². The molecular formula is C8H15NO. The molecule has 2 N–H and O–H groups in total. The van der Waals surface area contributed by atoms with Crippen molar-refractivity contribution in [2.24, 2.45) is 11.1 Å². The third kappa shape index (κ3) is 1.57. The van der Waals surface area contributed by atoms with E-state index in [0.717, 1.165) is 32.0 Å². The first-order valence-corrected chi connectivity index (χ1v) is 3.88. The summed E-state index contributed by atoms with van der Waals surface area (Å²) in [6.45, 7) is 2.00. The SMILES string of the molecule is CC1(C=O)CCCC(N)C1. The molecule has 2 nitrogen and oxygen atoms in total. The Morgan fingerprint density at radius 2 is 2.40 bits per heavy atom. The standard InChI is InChI=1S/C8H15NO/c1-8(6-10)4-2-3-7(9)5-8/h6-7H,2-5,9H2,1H3. The van der Waals surface area contributed by atoms with Crippen LogP contribution in [0, 0.1) is 5.41 Å². The summed E-state index contributed by atoms with van der Waals surface area (Å²) in [7, 11) is 0. The maximum absolute atomic E-state index is 10.6. The average molecular weight is 141 g/mol. The topological polar surface area (TPSA) is 43.1 Å². The third-order valence-electron chi connectivity index (χ3n) is 2.34. The Balaban J connectivity index is 2.53. The summed E-state index contributed by atoms with van der Waals surface area (Å²) in [6, 6.07) is 0.254. The van der Waals surface area contributed by atoms with E-state index in [1.165, 1.54) is 0 Å². The Morgan fingerprint density at radius 3 is 2.80 bits per heavy atom. The fraction of sp³-hybridized carbons (Fsp3) is 0.875. The van der Waals surface area contributed by atoms with Crippen molar-refractivity contribution in [1.82, 2.24) is 0 Å². The third-order valence-corrected chi connectivity index (χ3v) is 2.34. The lowest BCUT2D eigenvalue weighted by Crippen LogP contribution is -2.35. The van der Waals surface area contributed by atoms with E-state index in [1.807, 2.05) is 6.92 Å². The lowest BCUT2D eigenvalue weighted by molar-refractivity contribution is -0.117. The van der Waals surface area contributed by atoms with E-state index in [1.54, 1.807) is 0 Å². The summed E-state index contributed by atoms with van der Waals surface area (Å²) < 4.78 is 0. The molecule has 1 aliphatic rings. The molecule has 0 heterocycles. The van der Waals surface area contributed by atoms with Gasteiger partial charge >= 0.3 is 0 Å². The van der Waals surface area contributed by atoms with Gasteiger partial charge in [0.2, 0.25) is 0 Å². The molecule has 1 saturated carbocycles. The smallest absolute Gasteiger partial charge is 0.125 e. The summed E-state index contributed by atoms with van der Waals surface area (Å²) in [5.41, 5.74) is 5.61. The molecule has 0 bridgehead atoms. The van der Waals surface area contributed by atoms with Gasteiger partial charge in [-0.15, -0.1) is 0 Å². The highest BCUT2D eigenvalue weighted by atomic mass is 16.1. The molecule has 0 spiro atoms. The molecule has 0 amide bonds. The van der Waals surface area contributed by atoms with Crippen molar-refractivity contribution in [3.63, 3.8) is 0 Å². The van der Waals surface area contributed by atoms with Gasteiger partial charge in [0.25, 0.3) is 0 Å². The van der Waals surface area contributed by atoms with Gasteiger partial charge in [-0.25, -0.2) is 0 Å². The Morgan fingerprint density at radius 1 is 1.70 bits per heavy atom. The van der Waals surface area contributed by atoms with Crippen molar-refractivity contribution in [1.29, 1.82) is 0 Å². The second-order valence-electron chi connectivity index (χ2n) is 3.63. The van der Waals surface area contributed by atoms with Crippen LogP contribution < -0.4 is 5.73 Å². The van der Waals surface area contributed by atoms with Gasteiger partial charge in [-0.1, -0.05) is 13.3 Å². The first kappa shape index (κ1) is 7.73. The highest BCUT2D eigenvalue weighted by Crippen LogP contribution is 2.32. The van der Waals surface area contributed by atoms with Crippen molar-refractivity contribution < 1.29 is 4.79 Å². The summed E-state index contributed by atoms with van der Waals surface area (Å²) in [5, 5.41) is 0. The first-order chi connectivity index (χ1) is 4.66. The number of hydrogen-bond donors (Lipinski definition) is 1. The molecule has 2 unspecified atom stereocenters. The second kappa shape index (κ2) is 2.70. The molecule has 0 aliphatic heterocycles. The lowest BCUT2D eigenvalue weighted by atomic mass is 9.75. The van der Waals surface area contributed by atoms with Gasteiger partial charge in [0.05, 0.1) is 0 Å². The van der Waals surface area contributed by atoms with Gasteiger partial charge in [-0.05, 0) is 19.3 Å². The van der Waals surface area contributed by atoms with Gasteiger partial charge in [-0.3, -0.25) is 0 Å². The Kier molecular flexibility index (Phi) is 2.09. The zero-order chi connectivity index (χ0) is 7.61. The average Bonchev–Trinajstić information content (AvgIpc) is 1.88. The molecule has 0 aromatic rings. The Labute approximate surface area is 61.8 Å². The molecule has 0 radical (unpaired) electrons. The minimum absolute atomic E-state index is 0.113. The molecule has 58 valence electrons. The highest BCUT2D eigenvalue weighted by molar-refractivity contribution is 5.58. The van der Waals surface area contributed by atoms with Crippen molar-refractivity contribution in [2.45, 2.75) is 38.6 Å². The number of carbonyl (C=O) groups excluding carboxylic acids is 1. The van der Waals surface area contributed by atoms with Crippen molar-refractivity contribution in [2.75, 3.05) is 0 Å². The van der Waals surface area contributed by atoms with E-state index in [9.17, 15) is 4.79 Å². The first-order valence-electron chi connectivity index (χ1n) is 3.88. The fourth-order valence-corrected chi connectivity index (χ4v) is 1.68. The molecule has 1 aliphatic carbocycles. The van der Waals surface area contributed by atoms with Gasteiger partial charge in [0, 0.05) is 11.5 Å². The van der Waals surface area contributed by atoms with E-state index in [0.29, 0.717) is 0 Å². The molecule has 10 heavy (non-hydrogen) atoms. The van der Waals surface area contributed by atoms with Crippen LogP contribution in [0.1, 0.15) is 32.6 Å². The number of aldehydes is 1. The van der Waals surface area contributed by atoms with Crippen LogP contribution in [0.25, 0.3) is 0 Å². The largest absolute Gasteiger partial charge is 0.328 e. The minimum atomic E-state index is -0.113. The summed E-state index contributed by atoms with van der Waals surface area (Å²) in [4.78, 5) is 10.6. The van der Waals surface area contributed by atoms with Crippen LogP contribution >= 0.6 is 0 Å².